The number of nitrogens with zero attached hydrogens (tertiary/aromatic N) is 5. The fourth-order valence-corrected chi connectivity index (χ4v) is 4.19. The van der Waals surface area contributed by atoms with Gasteiger partial charge in [-0.1, -0.05) is 23.2 Å². The van der Waals surface area contributed by atoms with Crippen LogP contribution in [0.1, 0.15) is 22.5 Å². The Kier molecular flexibility index (Phi) is 6.55. The second kappa shape index (κ2) is 9.34. The minimum atomic E-state index is -0.335. The number of ketones is 1. The third-order valence-corrected chi connectivity index (χ3v) is 6.00. The van der Waals surface area contributed by atoms with Gasteiger partial charge in [-0.15, -0.1) is 0 Å². The number of carbonyl (C=O) groups is 1. The predicted octanol–water partition coefficient (Wildman–Crippen LogP) is 4.42. The van der Waals surface area contributed by atoms with Gasteiger partial charge in [0.1, 0.15) is 5.82 Å². The molecular weight excluding hydrogens is 440 g/mol. The summed E-state index contributed by atoms with van der Waals surface area (Å²) in [6.45, 7) is 5.60. The molecule has 1 aliphatic rings. The average Bonchev–Trinajstić information content (AvgIpc) is 3.13. The van der Waals surface area contributed by atoms with Crippen molar-refractivity contribution in [1.82, 2.24) is 19.7 Å². The molecule has 3 heterocycles. The Bertz CT molecular complexity index is 1080. The Morgan fingerprint density at radius 1 is 1.16 bits per heavy atom. The lowest BCUT2D eigenvalue weighted by Gasteiger charge is -2.36. The molecule has 0 radical (unpaired) electrons. The number of benzene rings is 1. The molecule has 3 aromatic rings. The summed E-state index contributed by atoms with van der Waals surface area (Å²) in [4.78, 5) is 21.4. The monoisotopic (exact) mass is 461 g/mol. The van der Waals surface area contributed by atoms with E-state index in [2.05, 4.69) is 19.9 Å². The maximum atomic E-state index is 13.6. The Labute approximate surface area is 190 Å². The zero-order chi connectivity index (χ0) is 22.0. The lowest BCUT2D eigenvalue weighted by Crippen LogP contribution is -2.47. The van der Waals surface area contributed by atoms with Crippen molar-refractivity contribution in [2.24, 2.45) is 0 Å². The van der Waals surface area contributed by atoms with Gasteiger partial charge in [-0.3, -0.25) is 9.69 Å². The number of pyridine rings is 1. The molecule has 31 heavy (non-hydrogen) atoms. The highest BCUT2D eigenvalue weighted by atomic mass is 35.5. The van der Waals surface area contributed by atoms with Crippen molar-refractivity contribution >= 4 is 34.7 Å². The van der Waals surface area contributed by atoms with E-state index in [4.69, 9.17) is 23.2 Å². The maximum absolute atomic E-state index is 13.6. The van der Waals surface area contributed by atoms with E-state index in [1.807, 2.05) is 6.92 Å². The quantitative estimate of drug-likeness (QED) is 0.508. The molecular formula is C22H22Cl2FN5O. The minimum Gasteiger partial charge on any atom is -0.369 e. The van der Waals surface area contributed by atoms with Gasteiger partial charge in [-0.25, -0.2) is 14.1 Å². The van der Waals surface area contributed by atoms with Gasteiger partial charge in [0.05, 0.1) is 22.5 Å². The van der Waals surface area contributed by atoms with Gasteiger partial charge in [0.25, 0.3) is 0 Å². The molecule has 1 aliphatic heterocycles. The van der Waals surface area contributed by atoms with E-state index in [0.717, 1.165) is 37.6 Å². The van der Waals surface area contributed by atoms with Crippen LogP contribution in [0.15, 0.2) is 42.7 Å². The van der Waals surface area contributed by atoms with Gasteiger partial charge in [0, 0.05) is 56.1 Å². The molecule has 0 saturated carbocycles. The fraction of sp³-hybridized carbons (Fsp3) is 0.318. The van der Waals surface area contributed by atoms with E-state index < -0.39 is 0 Å². The SMILES string of the molecule is Cc1c(C(=O)CCN2CCN(c3cc(F)cc(Cl)c3)CC2)cnn1-c1ncccc1Cl. The van der Waals surface area contributed by atoms with Crippen LogP contribution in [-0.2, 0) is 0 Å². The predicted molar refractivity (Wildman–Crippen MR) is 120 cm³/mol. The van der Waals surface area contributed by atoms with E-state index >= 15 is 0 Å². The number of anilines is 1. The number of halogens is 3. The van der Waals surface area contributed by atoms with E-state index in [0.29, 0.717) is 34.4 Å². The molecule has 0 spiro atoms. The summed E-state index contributed by atoms with van der Waals surface area (Å²) in [5.41, 5.74) is 2.09. The Morgan fingerprint density at radius 3 is 2.65 bits per heavy atom. The van der Waals surface area contributed by atoms with Crippen molar-refractivity contribution in [1.29, 1.82) is 0 Å². The first-order valence-electron chi connectivity index (χ1n) is 10.0. The second-order valence-corrected chi connectivity index (χ2v) is 8.34. The van der Waals surface area contributed by atoms with Crippen molar-refractivity contribution in [3.05, 3.63) is 69.8 Å². The zero-order valence-corrected chi connectivity index (χ0v) is 18.6. The minimum absolute atomic E-state index is 0.0372. The number of aromatic nitrogens is 3. The molecule has 1 fully saturated rings. The molecule has 9 heteroatoms. The van der Waals surface area contributed by atoms with Gasteiger partial charge in [0.15, 0.2) is 11.6 Å². The fourth-order valence-electron chi connectivity index (χ4n) is 3.78. The third-order valence-electron chi connectivity index (χ3n) is 5.49. The van der Waals surface area contributed by atoms with Crippen LogP contribution in [0, 0.1) is 12.7 Å². The lowest BCUT2D eigenvalue weighted by atomic mass is 10.1. The number of Topliss-reactive ketones (excluding diaryl/α,β-unsaturated/α-hetero) is 1. The topological polar surface area (TPSA) is 54.3 Å². The van der Waals surface area contributed by atoms with Crippen LogP contribution in [0.2, 0.25) is 10.0 Å². The molecule has 2 aromatic heterocycles. The number of hydrogen-bond acceptors (Lipinski definition) is 5. The third kappa shape index (κ3) is 4.89. The van der Waals surface area contributed by atoms with Gasteiger partial charge in [0.2, 0.25) is 0 Å². The summed E-state index contributed by atoms with van der Waals surface area (Å²) in [5, 5.41) is 5.18. The molecule has 6 nitrogen and oxygen atoms in total. The first kappa shape index (κ1) is 21.7. The molecule has 0 atom stereocenters. The van der Waals surface area contributed by atoms with Crippen molar-refractivity contribution in [3.8, 4) is 5.82 Å². The zero-order valence-electron chi connectivity index (χ0n) is 17.1. The number of hydrogen-bond donors (Lipinski definition) is 0. The Morgan fingerprint density at radius 2 is 1.94 bits per heavy atom. The van der Waals surface area contributed by atoms with Crippen molar-refractivity contribution in [2.45, 2.75) is 13.3 Å². The summed E-state index contributed by atoms with van der Waals surface area (Å²) in [6, 6.07) is 8.07. The molecule has 0 unspecified atom stereocenters. The maximum Gasteiger partial charge on any atom is 0.172 e. The molecule has 1 aromatic carbocycles. The summed E-state index contributed by atoms with van der Waals surface area (Å²) in [6.07, 6.45) is 3.61. The average molecular weight is 462 g/mol. The first-order valence-corrected chi connectivity index (χ1v) is 10.8. The molecule has 1 saturated heterocycles. The molecule has 4 rings (SSSR count). The van der Waals surface area contributed by atoms with Crippen molar-refractivity contribution < 1.29 is 9.18 Å². The summed E-state index contributed by atoms with van der Waals surface area (Å²) in [5.74, 6) is 0.211. The number of carbonyl (C=O) groups excluding carboxylic acids is 1. The van der Waals surface area contributed by atoms with E-state index in [-0.39, 0.29) is 11.6 Å². The van der Waals surface area contributed by atoms with E-state index in [9.17, 15) is 9.18 Å². The molecule has 0 N–H and O–H groups in total. The van der Waals surface area contributed by atoms with Gasteiger partial charge >= 0.3 is 0 Å². The number of piperazine rings is 1. The largest absolute Gasteiger partial charge is 0.369 e. The Hall–Kier alpha value is -2.48. The smallest absolute Gasteiger partial charge is 0.172 e. The normalized spacial score (nSPS) is 14.8. The second-order valence-electron chi connectivity index (χ2n) is 7.49. The summed E-state index contributed by atoms with van der Waals surface area (Å²) in [7, 11) is 0. The molecule has 162 valence electrons. The number of rotatable bonds is 6. The molecule has 0 aliphatic carbocycles. The van der Waals surface area contributed by atoms with Crippen LogP contribution in [0.25, 0.3) is 5.82 Å². The first-order chi connectivity index (χ1) is 14.9. The van der Waals surface area contributed by atoms with E-state index in [1.165, 1.54) is 12.1 Å². The van der Waals surface area contributed by atoms with Crippen molar-refractivity contribution in [3.63, 3.8) is 0 Å². The summed E-state index contributed by atoms with van der Waals surface area (Å²) >= 11 is 12.2. The summed E-state index contributed by atoms with van der Waals surface area (Å²) < 4.78 is 15.2. The van der Waals surface area contributed by atoms with E-state index in [1.54, 1.807) is 35.3 Å². The van der Waals surface area contributed by atoms with Crippen LogP contribution in [-0.4, -0.2) is 58.2 Å². The highest BCUT2D eigenvalue weighted by Crippen LogP contribution is 2.24. The Balaban J connectivity index is 1.33. The molecule has 0 amide bonds. The lowest BCUT2D eigenvalue weighted by molar-refractivity contribution is 0.0962. The van der Waals surface area contributed by atoms with Gasteiger partial charge in [-0.2, -0.15) is 5.10 Å². The van der Waals surface area contributed by atoms with Crippen molar-refractivity contribution in [2.75, 3.05) is 37.6 Å². The van der Waals surface area contributed by atoms with Crippen LogP contribution in [0.4, 0.5) is 10.1 Å². The molecule has 0 bridgehead atoms. The standard InChI is InChI=1S/C22H22Cl2FN5O/c1-15-19(14-27-30(15)22-20(24)3-2-5-26-22)21(31)4-6-28-7-9-29(10-8-28)18-12-16(23)11-17(25)13-18/h2-3,5,11-14H,4,6-10H2,1H3. The highest BCUT2D eigenvalue weighted by molar-refractivity contribution is 6.32. The highest BCUT2D eigenvalue weighted by Gasteiger charge is 2.21. The van der Waals surface area contributed by atoms with Crippen LogP contribution in [0.5, 0.6) is 0 Å². The van der Waals surface area contributed by atoms with Crippen LogP contribution >= 0.6 is 23.2 Å². The van der Waals surface area contributed by atoms with Gasteiger partial charge in [-0.05, 0) is 37.3 Å². The van der Waals surface area contributed by atoms with Gasteiger partial charge < -0.3 is 4.90 Å². The van der Waals surface area contributed by atoms with Crippen LogP contribution in [0.3, 0.4) is 0 Å². The van der Waals surface area contributed by atoms with Crippen LogP contribution < -0.4 is 4.90 Å².